The average molecular weight is 371 g/mol. The van der Waals surface area contributed by atoms with E-state index in [-0.39, 0.29) is 5.91 Å². The van der Waals surface area contributed by atoms with Crippen LogP contribution < -0.4 is 4.90 Å². The summed E-state index contributed by atoms with van der Waals surface area (Å²) in [4.78, 5) is 21.6. The SMILES string of the molecule is Cc1cc(C(=O)N2CCN(c3ccc(Cl)cc3)CC2)c2c(C)noc2n1. The number of carbonyl (C=O) groups excluding carboxylic acids is 1. The average Bonchev–Trinajstić information content (AvgIpc) is 3.02. The maximum atomic E-state index is 13.1. The zero-order valence-electron chi connectivity index (χ0n) is 14.7. The van der Waals surface area contributed by atoms with E-state index < -0.39 is 0 Å². The predicted molar refractivity (Wildman–Crippen MR) is 101 cm³/mol. The number of aromatic nitrogens is 2. The van der Waals surface area contributed by atoms with Gasteiger partial charge >= 0.3 is 0 Å². The lowest BCUT2D eigenvalue weighted by Gasteiger charge is -2.36. The van der Waals surface area contributed by atoms with Gasteiger partial charge in [-0.15, -0.1) is 0 Å². The van der Waals surface area contributed by atoms with Gasteiger partial charge in [0.1, 0.15) is 0 Å². The Morgan fingerprint density at radius 1 is 1.12 bits per heavy atom. The maximum Gasteiger partial charge on any atom is 0.258 e. The van der Waals surface area contributed by atoms with E-state index in [1.807, 2.05) is 49.1 Å². The number of amides is 1. The fourth-order valence-electron chi connectivity index (χ4n) is 3.38. The van der Waals surface area contributed by atoms with Crippen molar-refractivity contribution in [3.8, 4) is 0 Å². The summed E-state index contributed by atoms with van der Waals surface area (Å²) in [5.41, 5.74) is 3.60. The molecule has 0 aliphatic carbocycles. The van der Waals surface area contributed by atoms with Gasteiger partial charge in [-0.25, -0.2) is 4.98 Å². The molecule has 0 bridgehead atoms. The summed E-state index contributed by atoms with van der Waals surface area (Å²) >= 11 is 5.96. The third-order valence-corrected chi connectivity index (χ3v) is 4.99. The minimum Gasteiger partial charge on any atom is -0.368 e. The zero-order valence-corrected chi connectivity index (χ0v) is 15.5. The number of rotatable bonds is 2. The molecule has 7 heteroatoms. The van der Waals surface area contributed by atoms with Gasteiger partial charge in [-0.1, -0.05) is 16.8 Å². The van der Waals surface area contributed by atoms with Gasteiger partial charge in [-0.05, 0) is 44.2 Å². The van der Waals surface area contributed by atoms with Crippen LogP contribution in [0, 0.1) is 13.8 Å². The molecule has 0 radical (unpaired) electrons. The van der Waals surface area contributed by atoms with Crippen molar-refractivity contribution < 1.29 is 9.32 Å². The molecule has 0 unspecified atom stereocenters. The highest BCUT2D eigenvalue weighted by atomic mass is 35.5. The van der Waals surface area contributed by atoms with E-state index >= 15 is 0 Å². The number of benzene rings is 1. The van der Waals surface area contributed by atoms with Gasteiger partial charge in [0.15, 0.2) is 0 Å². The molecule has 1 fully saturated rings. The summed E-state index contributed by atoms with van der Waals surface area (Å²) in [7, 11) is 0. The van der Waals surface area contributed by atoms with Crippen molar-refractivity contribution >= 4 is 34.3 Å². The molecule has 0 spiro atoms. The number of piperazine rings is 1. The van der Waals surface area contributed by atoms with Gasteiger partial charge in [0.05, 0.1) is 16.6 Å². The Labute approximate surface area is 156 Å². The second-order valence-electron chi connectivity index (χ2n) is 6.52. The Hall–Kier alpha value is -2.60. The lowest BCUT2D eigenvalue weighted by molar-refractivity contribution is 0.0748. The highest BCUT2D eigenvalue weighted by Crippen LogP contribution is 2.25. The second kappa shape index (κ2) is 6.61. The van der Waals surface area contributed by atoms with E-state index in [2.05, 4.69) is 15.0 Å². The molecular formula is C19H19ClN4O2. The molecule has 1 aliphatic rings. The highest BCUT2D eigenvalue weighted by molar-refractivity contribution is 6.30. The first kappa shape index (κ1) is 16.8. The smallest absolute Gasteiger partial charge is 0.258 e. The Kier molecular flexibility index (Phi) is 4.28. The first-order valence-corrected chi connectivity index (χ1v) is 8.94. The normalized spacial score (nSPS) is 14.9. The molecule has 26 heavy (non-hydrogen) atoms. The lowest BCUT2D eigenvalue weighted by Crippen LogP contribution is -2.48. The summed E-state index contributed by atoms with van der Waals surface area (Å²) in [5, 5.41) is 5.39. The van der Waals surface area contributed by atoms with Crippen molar-refractivity contribution in [3.05, 3.63) is 52.3 Å². The minimum absolute atomic E-state index is 0.00237. The largest absolute Gasteiger partial charge is 0.368 e. The highest BCUT2D eigenvalue weighted by Gasteiger charge is 2.26. The lowest BCUT2D eigenvalue weighted by atomic mass is 10.1. The monoisotopic (exact) mass is 370 g/mol. The Balaban J connectivity index is 1.54. The molecule has 1 aliphatic heterocycles. The number of fused-ring (bicyclic) bond motifs is 1. The molecule has 134 valence electrons. The van der Waals surface area contributed by atoms with E-state index in [4.69, 9.17) is 16.1 Å². The van der Waals surface area contributed by atoms with E-state index in [0.29, 0.717) is 35.4 Å². The van der Waals surface area contributed by atoms with Crippen LogP contribution in [0.2, 0.25) is 5.02 Å². The van der Waals surface area contributed by atoms with Crippen LogP contribution in [0.25, 0.3) is 11.1 Å². The fourth-order valence-corrected chi connectivity index (χ4v) is 3.50. The van der Waals surface area contributed by atoms with Crippen molar-refractivity contribution in [2.75, 3.05) is 31.1 Å². The topological polar surface area (TPSA) is 62.5 Å². The van der Waals surface area contributed by atoms with Crippen molar-refractivity contribution in [1.29, 1.82) is 0 Å². The van der Waals surface area contributed by atoms with Crippen LogP contribution >= 0.6 is 11.6 Å². The number of hydrogen-bond acceptors (Lipinski definition) is 5. The van der Waals surface area contributed by atoms with Gasteiger partial charge in [-0.3, -0.25) is 4.79 Å². The first-order chi connectivity index (χ1) is 12.5. The molecule has 1 amide bonds. The zero-order chi connectivity index (χ0) is 18.3. The van der Waals surface area contributed by atoms with E-state index in [1.165, 1.54) is 0 Å². The van der Waals surface area contributed by atoms with Crippen molar-refractivity contribution in [1.82, 2.24) is 15.0 Å². The number of pyridine rings is 1. The third kappa shape index (κ3) is 3.01. The van der Waals surface area contributed by atoms with Gasteiger partial charge in [-0.2, -0.15) is 0 Å². The van der Waals surface area contributed by atoms with Crippen LogP contribution in [0.1, 0.15) is 21.7 Å². The summed E-state index contributed by atoms with van der Waals surface area (Å²) in [6.45, 7) is 6.57. The Bertz CT molecular complexity index is 960. The van der Waals surface area contributed by atoms with Gasteiger partial charge in [0, 0.05) is 42.6 Å². The molecule has 4 rings (SSSR count). The van der Waals surface area contributed by atoms with Gasteiger partial charge in [0.2, 0.25) is 0 Å². The molecule has 1 saturated heterocycles. The number of nitrogens with zero attached hydrogens (tertiary/aromatic N) is 4. The second-order valence-corrected chi connectivity index (χ2v) is 6.95. The summed E-state index contributed by atoms with van der Waals surface area (Å²) in [6, 6.07) is 9.62. The molecule has 6 nitrogen and oxygen atoms in total. The molecule has 3 heterocycles. The van der Waals surface area contributed by atoms with Crippen LogP contribution in [-0.4, -0.2) is 47.1 Å². The summed E-state index contributed by atoms with van der Waals surface area (Å²) < 4.78 is 5.24. The Morgan fingerprint density at radius 3 is 2.50 bits per heavy atom. The molecule has 0 atom stereocenters. The summed E-state index contributed by atoms with van der Waals surface area (Å²) in [6.07, 6.45) is 0. The fraction of sp³-hybridized carbons (Fsp3) is 0.316. The number of anilines is 1. The maximum absolute atomic E-state index is 13.1. The number of carbonyl (C=O) groups is 1. The van der Waals surface area contributed by atoms with Crippen molar-refractivity contribution in [3.63, 3.8) is 0 Å². The van der Waals surface area contributed by atoms with Crippen LogP contribution in [0.15, 0.2) is 34.9 Å². The van der Waals surface area contributed by atoms with E-state index in [0.717, 1.165) is 29.5 Å². The van der Waals surface area contributed by atoms with Crippen molar-refractivity contribution in [2.45, 2.75) is 13.8 Å². The van der Waals surface area contributed by atoms with Crippen LogP contribution in [0.3, 0.4) is 0 Å². The molecule has 3 aromatic rings. The van der Waals surface area contributed by atoms with E-state index in [1.54, 1.807) is 0 Å². The van der Waals surface area contributed by atoms with Crippen LogP contribution in [0.4, 0.5) is 5.69 Å². The summed E-state index contributed by atoms with van der Waals surface area (Å²) in [5.74, 6) is 0.00237. The molecular weight excluding hydrogens is 352 g/mol. The van der Waals surface area contributed by atoms with Gasteiger partial charge in [0.25, 0.3) is 11.6 Å². The van der Waals surface area contributed by atoms with E-state index in [9.17, 15) is 4.79 Å². The molecule has 0 N–H and O–H groups in total. The van der Waals surface area contributed by atoms with Gasteiger partial charge < -0.3 is 14.3 Å². The number of aryl methyl sites for hydroxylation is 2. The number of halogens is 1. The minimum atomic E-state index is 0.00237. The Morgan fingerprint density at radius 2 is 1.81 bits per heavy atom. The molecule has 2 aromatic heterocycles. The number of hydrogen-bond donors (Lipinski definition) is 0. The first-order valence-electron chi connectivity index (χ1n) is 8.56. The standard InChI is InChI=1S/C19H19ClN4O2/c1-12-11-16(17-13(2)22-26-18(17)21-12)19(25)24-9-7-23(8-10-24)15-5-3-14(20)4-6-15/h3-6,11H,7-10H2,1-2H3. The van der Waals surface area contributed by atoms with Crippen LogP contribution in [0.5, 0.6) is 0 Å². The quantitative estimate of drug-likeness (QED) is 0.691. The molecule has 0 saturated carbocycles. The van der Waals surface area contributed by atoms with Crippen molar-refractivity contribution in [2.24, 2.45) is 0 Å². The predicted octanol–water partition coefficient (Wildman–Crippen LogP) is 3.46. The third-order valence-electron chi connectivity index (χ3n) is 4.73. The molecule has 1 aromatic carbocycles. The van der Waals surface area contributed by atoms with Crippen LogP contribution in [-0.2, 0) is 0 Å².